The second kappa shape index (κ2) is 3.02. The third-order valence-corrected chi connectivity index (χ3v) is 1.56. The Kier molecular flexibility index (Phi) is 2.28. The van der Waals surface area contributed by atoms with E-state index >= 15 is 0 Å². The van der Waals surface area contributed by atoms with Crippen molar-refractivity contribution in [3.05, 3.63) is 29.6 Å². The van der Waals surface area contributed by atoms with Crippen LogP contribution in [0.15, 0.2) is 12.4 Å². The molecule has 54 valence electrons. The van der Waals surface area contributed by atoms with Gasteiger partial charge in [-0.3, -0.25) is 4.98 Å². The minimum atomic E-state index is -0.588. The molecule has 1 heterocycles. The van der Waals surface area contributed by atoms with E-state index in [2.05, 4.69) is 14.2 Å². The highest BCUT2D eigenvalue weighted by molar-refractivity contribution is 7.15. The lowest BCUT2D eigenvalue weighted by Crippen LogP contribution is -1.92. The molecular weight excluding hydrogens is 155 g/mol. The molecule has 1 unspecified atom stereocenters. The Balaban J connectivity index is 3.17. The second-order valence-corrected chi connectivity index (χ2v) is 2.19. The van der Waals surface area contributed by atoms with Gasteiger partial charge >= 0.3 is 0 Å². The minimum absolute atomic E-state index is 0.0694. The molecule has 0 fully saturated rings. The quantitative estimate of drug-likeness (QED) is 0.571. The summed E-state index contributed by atoms with van der Waals surface area (Å²) in [5.41, 5.74) is 0.0694. The first kappa shape index (κ1) is 7.55. The van der Waals surface area contributed by atoms with Gasteiger partial charge in [-0.05, 0) is 6.16 Å². The highest BCUT2D eigenvalue weighted by atomic mass is 31.0. The van der Waals surface area contributed by atoms with E-state index in [4.69, 9.17) is 0 Å². The average molecular weight is 161 g/mol. The molecule has 1 nitrogen and oxygen atoms in total. The molecule has 0 radical (unpaired) electrons. The normalized spacial score (nSPS) is 9.90. The molecule has 4 heteroatoms. The van der Waals surface area contributed by atoms with Crippen molar-refractivity contribution in [2.45, 2.75) is 6.16 Å². The maximum absolute atomic E-state index is 12.5. The molecule has 1 aromatic heterocycles. The van der Waals surface area contributed by atoms with Gasteiger partial charge < -0.3 is 0 Å². The molecule has 0 aromatic carbocycles. The van der Waals surface area contributed by atoms with E-state index in [9.17, 15) is 8.78 Å². The van der Waals surface area contributed by atoms with E-state index < -0.39 is 11.6 Å². The van der Waals surface area contributed by atoms with E-state index in [1.165, 1.54) is 0 Å². The lowest BCUT2D eigenvalue weighted by molar-refractivity contribution is 0.556. The first-order valence-electron chi connectivity index (χ1n) is 2.73. The van der Waals surface area contributed by atoms with Crippen molar-refractivity contribution in [1.29, 1.82) is 0 Å². The van der Waals surface area contributed by atoms with Crippen LogP contribution >= 0.6 is 9.24 Å². The van der Waals surface area contributed by atoms with Crippen LogP contribution < -0.4 is 0 Å². The van der Waals surface area contributed by atoms with Gasteiger partial charge in [0.2, 0.25) is 0 Å². The van der Waals surface area contributed by atoms with Crippen molar-refractivity contribution in [3.63, 3.8) is 0 Å². The fourth-order valence-corrected chi connectivity index (χ4v) is 1.02. The number of nitrogens with zero attached hydrogens (tertiary/aromatic N) is 1. The highest BCUT2D eigenvalue weighted by Gasteiger charge is 2.04. The Hall–Kier alpha value is -0.560. The van der Waals surface area contributed by atoms with Gasteiger partial charge in [0.15, 0.2) is 0 Å². The van der Waals surface area contributed by atoms with Crippen LogP contribution in [0, 0.1) is 11.6 Å². The Morgan fingerprint density at radius 2 is 1.80 bits per heavy atom. The van der Waals surface area contributed by atoms with Crippen LogP contribution in [0.4, 0.5) is 8.78 Å². The summed E-state index contributed by atoms with van der Waals surface area (Å²) in [5, 5.41) is 0. The summed E-state index contributed by atoms with van der Waals surface area (Å²) in [6.07, 6.45) is 2.28. The fourth-order valence-electron chi connectivity index (χ4n) is 0.633. The maximum Gasteiger partial charge on any atom is 0.147 e. The lowest BCUT2D eigenvalue weighted by Gasteiger charge is -1.97. The van der Waals surface area contributed by atoms with Crippen molar-refractivity contribution in [2.75, 3.05) is 0 Å². The molecule has 1 rings (SSSR count). The largest absolute Gasteiger partial charge is 0.259 e. The number of halogens is 2. The Bertz CT molecular complexity index is 219. The summed E-state index contributed by atoms with van der Waals surface area (Å²) in [5.74, 6) is -1.18. The lowest BCUT2D eigenvalue weighted by atomic mass is 10.3. The fraction of sp³-hybridized carbons (Fsp3) is 0.167. The SMILES string of the molecule is Fc1cncc(F)c1CP. The zero-order valence-corrected chi connectivity index (χ0v) is 6.30. The van der Waals surface area contributed by atoms with Gasteiger partial charge in [-0.25, -0.2) is 8.78 Å². The van der Waals surface area contributed by atoms with Gasteiger partial charge in [0, 0.05) is 5.56 Å². The van der Waals surface area contributed by atoms with Crippen LogP contribution in [0.2, 0.25) is 0 Å². The molecule has 0 aliphatic rings. The van der Waals surface area contributed by atoms with Crippen LogP contribution in [0.5, 0.6) is 0 Å². The van der Waals surface area contributed by atoms with Gasteiger partial charge in [-0.2, -0.15) is 0 Å². The van der Waals surface area contributed by atoms with Crippen LogP contribution in [-0.4, -0.2) is 4.98 Å². The summed E-state index contributed by atoms with van der Waals surface area (Å²) in [6, 6.07) is 0. The third-order valence-electron chi connectivity index (χ3n) is 1.16. The molecule has 0 N–H and O–H groups in total. The molecule has 10 heavy (non-hydrogen) atoms. The second-order valence-electron chi connectivity index (χ2n) is 1.79. The Morgan fingerprint density at radius 3 is 2.10 bits per heavy atom. The average Bonchev–Trinajstić information content (AvgIpc) is 1.88. The third kappa shape index (κ3) is 1.29. The molecule has 0 saturated carbocycles. The number of rotatable bonds is 1. The first-order valence-corrected chi connectivity index (χ1v) is 3.55. The van der Waals surface area contributed by atoms with Crippen LogP contribution in [0.1, 0.15) is 5.56 Å². The monoisotopic (exact) mass is 161 g/mol. The van der Waals surface area contributed by atoms with Gasteiger partial charge in [0.05, 0.1) is 12.4 Å². The molecule has 0 bridgehead atoms. The highest BCUT2D eigenvalue weighted by Crippen LogP contribution is 2.13. The standard InChI is InChI=1S/C6H6F2NP/c7-5-1-9-2-6(8)4(5)3-10/h1-2H,3,10H2. The molecule has 0 aliphatic heterocycles. The van der Waals surface area contributed by atoms with Crippen molar-refractivity contribution in [1.82, 2.24) is 4.98 Å². The zero-order valence-electron chi connectivity index (χ0n) is 5.14. The molecule has 0 spiro atoms. The van der Waals surface area contributed by atoms with Crippen LogP contribution in [-0.2, 0) is 6.16 Å². The predicted molar refractivity (Wildman–Crippen MR) is 37.6 cm³/mol. The molecule has 1 aromatic rings. The number of hydrogen-bond donors (Lipinski definition) is 0. The zero-order chi connectivity index (χ0) is 7.56. The minimum Gasteiger partial charge on any atom is -0.259 e. The van der Waals surface area contributed by atoms with E-state index in [1.54, 1.807) is 0 Å². The molecule has 1 atom stereocenters. The summed E-state index contributed by atoms with van der Waals surface area (Å²) in [4.78, 5) is 3.33. The van der Waals surface area contributed by atoms with Crippen molar-refractivity contribution >= 4 is 9.24 Å². The summed E-state index contributed by atoms with van der Waals surface area (Å²) in [7, 11) is 2.25. The van der Waals surface area contributed by atoms with Crippen LogP contribution in [0.25, 0.3) is 0 Å². The van der Waals surface area contributed by atoms with Crippen LogP contribution in [0.3, 0.4) is 0 Å². The van der Waals surface area contributed by atoms with E-state index in [0.29, 0.717) is 0 Å². The van der Waals surface area contributed by atoms with E-state index in [1.807, 2.05) is 0 Å². The number of pyridine rings is 1. The molecule has 0 aliphatic carbocycles. The maximum atomic E-state index is 12.5. The summed E-state index contributed by atoms with van der Waals surface area (Å²) in [6.45, 7) is 0. The van der Waals surface area contributed by atoms with Crippen molar-refractivity contribution in [3.8, 4) is 0 Å². The van der Waals surface area contributed by atoms with Gasteiger partial charge in [-0.15, -0.1) is 9.24 Å². The Morgan fingerprint density at radius 1 is 1.30 bits per heavy atom. The topological polar surface area (TPSA) is 12.9 Å². The van der Waals surface area contributed by atoms with Crippen molar-refractivity contribution in [2.24, 2.45) is 0 Å². The van der Waals surface area contributed by atoms with Gasteiger partial charge in [-0.1, -0.05) is 0 Å². The summed E-state index contributed by atoms with van der Waals surface area (Å²) < 4.78 is 25.1. The van der Waals surface area contributed by atoms with Gasteiger partial charge in [0.1, 0.15) is 11.6 Å². The predicted octanol–water partition coefficient (Wildman–Crippen LogP) is 1.73. The molecular formula is C6H6F2NP. The first-order chi connectivity index (χ1) is 4.75. The smallest absolute Gasteiger partial charge is 0.147 e. The number of aromatic nitrogens is 1. The summed E-state index contributed by atoms with van der Waals surface area (Å²) >= 11 is 0. The van der Waals surface area contributed by atoms with E-state index in [0.717, 1.165) is 12.4 Å². The van der Waals surface area contributed by atoms with Gasteiger partial charge in [0.25, 0.3) is 0 Å². The number of hydrogen-bond acceptors (Lipinski definition) is 1. The van der Waals surface area contributed by atoms with E-state index in [-0.39, 0.29) is 11.7 Å². The molecule has 0 amide bonds. The Labute approximate surface area is 59.7 Å². The molecule has 0 saturated heterocycles. The van der Waals surface area contributed by atoms with Crippen molar-refractivity contribution < 1.29 is 8.78 Å².